The maximum absolute atomic E-state index is 12.3. The van der Waals surface area contributed by atoms with Crippen molar-refractivity contribution in [2.45, 2.75) is 297 Å². The van der Waals surface area contributed by atoms with E-state index in [1.165, 1.54) is 0 Å². The smallest absolute Gasteiger partial charge is 0.304 e. The van der Waals surface area contributed by atoms with Crippen LogP contribution < -0.4 is 0 Å². The van der Waals surface area contributed by atoms with Crippen molar-refractivity contribution in [1.82, 2.24) is 0 Å². The van der Waals surface area contributed by atoms with Gasteiger partial charge in [0.2, 0.25) is 0 Å². The first-order chi connectivity index (χ1) is 60.7. The fourth-order valence-corrected chi connectivity index (χ4v) is 22.6. The summed E-state index contributed by atoms with van der Waals surface area (Å²) in [5.74, 6) is -14.4. The predicted octanol–water partition coefficient (Wildman–Crippen LogP) is -7.68. The van der Waals surface area contributed by atoms with Crippen LogP contribution in [-0.4, -0.2) is 508 Å². The van der Waals surface area contributed by atoms with Crippen molar-refractivity contribution in [3.63, 3.8) is 0 Å². The number of carboxylic acids is 8. The predicted molar refractivity (Wildman–Crippen MR) is 441 cm³/mol. The molecule has 4 unspecified atom stereocenters. The van der Waals surface area contributed by atoms with Gasteiger partial charge in [-0.2, -0.15) is 94.1 Å². The highest BCUT2D eigenvalue weighted by atomic mass is 32.2. The maximum atomic E-state index is 12.3. The number of carboxylic acid groups (broad SMARTS) is 8. The van der Waals surface area contributed by atoms with Crippen molar-refractivity contribution in [2.24, 2.45) is 0 Å². The van der Waals surface area contributed by atoms with Gasteiger partial charge in [0.1, 0.15) is 146 Å². The van der Waals surface area contributed by atoms with E-state index in [0.717, 1.165) is 94.1 Å². The first kappa shape index (κ1) is 109. The van der Waals surface area contributed by atoms with Gasteiger partial charge in [0, 0.05) is 92.0 Å². The molecule has 16 bridgehead atoms. The largest absolute Gasteiger partial charge is 0.481 e. The summed E-state index contributed by atoms with van der Waals surface area (Å²) in [4.78, 5) is 94.3. The topological polar surface area (TPSA) is 770 Å². The summed E-state index contributed by atoms with van der Waals surface area (Å²) in [5.41, 5.74) is 0. The third-order valence-corrected chi connectivity index (χ3v) is 29.9. The van der Waals surface area contributed by atoms with Crippen molar-refractivity contribution in [2.75, 3.05) is 92.0 Å². The van der Waals surface area contributed by atoms with Gasteiger partial charge < -0.3 is 198 Å². The van der Waals surface area contributed by atoms with Gasteiger partial charge in [-0.15, -0.1) is 0 Å². The van der Waals surface area contributed by atoms with Crippen LogP contribution in [0.2, 0.25) is 0 Å². The van der Waals surface area contributed by atoms with Gasteiger partial charge in [-0.1, -0.05) is 0 Å². The minimum absolute atomic E-state index is 0.159. The average Bonchev–Trinajstić information content (AvgIpc) is 0.771. The third-order valence-electron chi connectivity index (χ3n) is 21.4. The van der Waals surface area contributed by atoms with Gasteiger partial charge in [-0.3, -0.25) is 38.4 Å². The molecule has 56 heteroatoms. The van der Waals surface area contributed by atoms with Crippen LogP contribution in [0, 0.1) is 0 Å². The van der Waals surface area contributed by atoms with Crippen LogP contribution in [0.5, 0.6) is 0 Å². The second-order valence-electron chi connectivity index (χ2n) is 30.7. The Balaban J connectivity index is 1.12. The number of aliphatic carboxylic acids is 8. The Morgan fingerprint density at radius 1 is 0.156 bits per heavy atom. The lowest BCUT2D eigenvalue weighted by molar-refractivity contribution is -0.396. The first-order valence-electron chi connectivity index (χ1n) is 40.5. The van der Waals surface area contributed by atoms with Gasteiger partial charge in [-0.25, -0.2) is 0 Å². The Morgan fingerprint density at radius 3 is 0.336 bits per heavy atom. The van der Waals surface area contributed by atoms with Crippen molar-refractivity contribution in [3.05, 3.63) is 0 Å². The fourth-order valence-electron chi connectivity index (χ4n) is 14.7. The van der Waals surface area contributed by atoms with Crippen molar-refractivity contribution in [1.29, 1.82) is 0 Å². The quantitative estimate of drug-likeness (QED) is 0.0253. The zero-order valence-corrected chi connectivity index (χ0v) is 74.4. The number of ether oxygens (including phenoxy) is 16. The lowest BCUT2D eigenvalue weighted by atomic mass is 9.95. The summed E-state index contributed by atoms with van der Waals surface area (Å²) >= 11 is 7.04. The molecule has 0 amide bonds. The number of aliphatic hydroxyl groups excluding tert-OH is 16. The Morgan fingerprint density at radius 2 is 0.250 bits per heavy atom. The van der Waals surface area contributed by atoms with Crippen molar-refractivity contribution >= 4 is 142 Å². The van der Waals surface area contributed by atoms with E-state index < -0.39 is 345 Å². The maximum Gasteiger partial charge on any atom is 0.304 e. The summed E-state index contributed by atoms with van der Waals surface area (Å²) < 4.78 is 100. The molecule has 48 nitrogen and oxygen atoms in total. The van der Waals surface area contributed by atoms with Crippen LogP contribution in [0.15, 0.2) is 0 Å². The van der Waals surface area contributed by atoms with Gasteiger partial charge >= 0.3 is 47.8 Å². The molecule has 30 heterocycles. The molecule has 0 aromatic rings. The van der Waals surface area contributed by atoms with E-state index in [-0.39, 0.29) is 92.0 Å². The summed E-state index contributed by atoms with van der Waals surface area (Å²) in [6, 6.07) is 0. The fraction of sp³-hybridized carbons (Fsp3) is 0.889. The van der Waals surface area contributed by atoms with Crippen LogP contribution in [-0.2, 0) is 114 Å². The Hall–Kier alpha value is -2.72. The van der Waals surface area contributed by atoms with E-state index in [4.69, 9.17) is 75.8 Å². The molecular formula is C72H112O48S8. The van der Waals surface area contributed by atoms with E-state index in [2.05, 4.69) is 0 Å². The van der Waals surface area contributed by atoms with E-state index in [9.17, 15) is 161 Å². The lowest BCUT2D eigenvalue weighted by Gasteiger charge is -2.51. The van der Waals surface area contributed by atoms with Crippen LogP contribution in [0.25, 0.3) is 0 Å². The summed E-state index contributed by atoms with van der Waals surface area (Å²) in [5, 5.41) is 272. The van der Waals surface area contributed by atoms with Gasteiger partial charge in [0.15, 0.2) is 50.3 Å². The van der Waals surface area contributed by atoms with E-state index >= 15 is 0 Å². The standard InChI is InChI=1S/C72H112O48S8/c73-33(74)1-9-121-17-25-57-41(89)49(97)65(105-25)114-58-26(18-122-10-2-34(75)76)107-67(51(99)43(58)91)116-60-28(20-124-12-4-36(79)80)109-69(53(101)45(60)93)118-62-30(22-126-14-6-38(83)84)111-71(55(103)47(62)95)120-64-32(24-128-16-8-40(87)88)112-72(56(104)48(64)96)119-63-31(23-127-15-7-39(85)86)110-70(54(102)46(63)94)117-61-29(21-125-13-5-37(81)82)108-68(52(100)44(61)92)115-59-27(19-123-11-3-35(77)78)106-66(113-57)50(98)42(59)90/h25-32,41-72,89-104H,1-24H2,(H,73,74)(H,75,76)(H,77,78)(H,79,80)(H,81,82)(H,83,84)(H,85,86)(H,87,88)/t25-,26-,27-,28-,29-,30-,31-,32-,41-,42-,43-,44?,45?,46?,47?,48-,49-,50-,51-,52-,53-,54-,55-,56-,57-,58-,59-,60-,61-,62-,63-,64-,65+,66-,67+,68-,69-,70-,71-,72-/m1/s1. The van der Waals surface area contributed by atoms with E-state index in [0.29, 0.717) is 0 Å². The summed E-state index contributed by atoms with van der Waals surface area (Å²) in [6.07, 6.45) is -85.9. The number of thioether (sulfide) groups is 8. The molecule has 30 rings (SSSR count). The molecule has 24 N–H and O–H groups in total. The highest BCUT2D eigenvalue weighted by molar-refractivity contribution is 8.00. The number of aliphatic hydroxyl groups is 16. The van der Waals surface area contributed by atoms with Gasteiger partial charge in [-0.05, 0) is 0 Å². The molecule has 30 aliphatic heterocycles. The summed E-state index contributed by atoms with van der Waals surface area (Å²) in [6.45, 7) is 0. The molecular weight excluding hydrogens is 1890 g/mol. The molecule has 736 valence electrons. The zero-order valence-electron chi connectivity index (χ0n) is 67.9. The molecule has 30 fully saturated rings. The van der Waals surface area contributed by atoms with Gasteiger partial charge in [0.25, 0.3) is 0 Å². The zero-order chi connectivity index (χ0) is 93.7. The number of carbonyl (C=O) groups is 8. The van der Waals surface area contributed by atoms with Crippen LogP contribution >= 0.6 is 94.1 Å². The van der Waals surface area contributed by atoms with Gasteiger partial charge in [0.05, 0.1) is 100 Å². The molecule has 30 saturated heterocycles. The molecule has 128 heavy (non-hydrogen) atoms. The summed E-state index contributed by atoms with van der Waals surface area (Å²) in [7, 11) is 0. The van der Waals surface area contributed by atoms with E-state index in [1.54, 1.807) is 0 Å². The Kier molecular flexibility index (Phi) is 44.9. The minimum atomic E-state index is -2.33. The molecule has 0 radical (unpaired) electrons. The number of hydrogen-bond acceptors (Lipinski definition) is 48. The minimum Gasteiger partial charge on any atom is -0.481 e. The second kappa shape index (κ2) is 52.7. The average molecular weight is 2000 g/mol. The monoisotopic (exact) mass is 2000 g/mol. The normalized spacial score (nSPS) is 41.5. The molecule has 0 aliphatic carbocycles. The number of rotatable bonds is 40. The molecule has 0 spiro atoms. The SMILES string of the molecule is O=C(O)CCSC[C@H]1O[C@H]2O[C@H]3[C@H](O)[C@@H](O)[C@@H](O[C@@H]3CSCCC(=O)O)O[C@H]3C(O)[C@@H](O)[C@H](O[C@@H]3CSCCC(=O)O)O[C@H]3C(O)[C@@H](O)[C@@H](O[C@H]4[C@H](O)[C@@H](O)[C@H](O[C@@H]4CSCCC(=O)O)O[C@H]4C(O)[C@@H](O)[C@H](O[C@@H]4CSCCC(=O)O)O[C@H]4C(O)[C@@H](O)[C@@H](O[C@H]5[C@H](O)[C@@H](O)[C@@H](O[C@H]1[C@H](O)[C@H]2O)O[C@@H]5CSCCC(=O)O)O[C@@H]4CSCCC(=O)O)O[C@@H]3CSCCC(=O)O. The molecule has 0 aromatic carbocycles. The molecule has 0 saturated carbocycles. The second-order valence-corrected chi connectivity index (χ2v) is 39.9. The van der Waals surface area contributed by atoms with Crippen LogP contribution in [0.1, 0.15) is 51.4 Å². The van der Waals surface area contributed by atoms with Crippen molar-refractivity contribution < 1.29 is 237 Å². The molecule has 30 aliphatic rings. The first-order valence-corrected chi connectivity index (χ1v) is 49.7. The molecule has 0 aromatic heterocycles. The van der Waals surface area contributed by atoms with Crippen LogP contribution in [0.3, 0.4) is 0 Å². The highest BCUT2D eigenvalue weighted by Gasteiger charge is 2.61. The van der Waals surface area contributed by atoms with Crippen molar-refractivity contribution in [3.8, 4) is 0 Å². The Labute approximate surface area is 763 Å². The highest BCUT2D eigenvalue weighted by Crippen LogP contribution is 2.43. The number of hydrogen-bond donors (Lipinski definition) is 24. The lowest BCUT2D eigenvalue weighted by Crippen LogP contribution is -2.69. The third kappa shape index (κ3) is 30.6. The molecule has 40 atom stereocenters. The van der Waals surface area contributed by atoms with Crippen LogP contribution in [0.4, 0.5) is 0 Å². The Bertz CT molecular complexity index is 2830. The van der Waals surface area contributed by atoms with E-state index in [1.807, 2.05) is 0 Å².